The van der Waals surface area contributed by atoms with Crippen LogP contribution in [0.4, 0.5) is 0 Å². The van der Waals surface area contributed by atoms with Crippen LogP contribution < -0.4 is 0 Å². The summed E-state index contributed by atoms with van der Waals surface area (Å²) in [6.45, 7) is 4.40. The summed E-state index contributed by atoms with van der Waals surface area (Å²) in [4.78, 5) is 0. The van der Waals surface area contributed by atoms with E-state index >= 15 is 0 Å². The molecule has 0 heterocycles. The summed E-state index contributed by atoms with van der Waals surface area (Å²) in [5.74, 6) is 0.713. The van der Waals surface area contributed by atoms with Gasteiger partial charge in [-0.25, -0.2) is 0 Å². The Morgan fingerprint density at radius 3 is 0.924 bits per heavy atom. The number of phenolic OH excluding ortho intramolecular Hbond substituents is 6. The molecule has 0 bridgehead atoms. The van der Waals surface area contributed by atoms with E-state index in [1.807, 2.05) is 84.9 Å². The van der Waals surface area contributed by atoms with Gasteiger partial charge in [0.1, 0.15) is 34.5 Å². The van der Waals surface area contributed by atoms with Gasteiger partial charge in [-0.1, -0.05) is 167 Å². The Bertz CT molecular complexity index is 2700. The molecule has 0 aliphatic carbocycles. The number of unbranched alkanes of at least 4 members (excludes halogenated alkanes) is 2. The van der Waals surface area contributed by atoms with Crippen molar-refractivity contribution in [2.24, 2.45) is 0 Å². The van der Waals surface area contributed by atoms with Crippen LogP contribution in [0.5, 0.6) is 34.5 Å². The summed E-state index contributed by atoms with van der Waals surface area (Å²) in [6.07, 6.45) is 4.34. The first-order valence-electron chi connectivity index (χ1n) is 22.9. The summed E-state index contributed by atoms with van der Waals surface area (Å²) < 4.78 is 0. The molecular weight excluding hydrogens is 817 g/mol. The first kappa shape index (κ1) is 45.1. The average molecular weight is 875 g/mol. The van der Waals surface area contributed by atoms with Crippen LogP contribution in [0.1, 0.15) is 96.9 Å². The Hall–Kier alpha value is -7.44. The molecule has 8 aromatic rings. The van der Waals surface area contributed by atoms with Crippen molar-refractivity contribution in [2.45, 2.75) is 74.0 Å². The summed E-state index contributed by atoms with van der Waals surface area (Å²) >= 11 is 0. The molecule has 66 heavy (non-hydrogen) atoms. The lowest BCUT2D eigenvalue weighted by molar-refractivity contribution is 0.149. The largest absolute Gasteiger partial charge is 0.508 e. The van der Waals surface area contributed by atoms with Crippen molar-refractivity contribution in [1.82, 2.24) is 0 Å². The standard InChI is InChI=1S/C60H58O6/c1-3-5-12-41-57(43-17-29-51(61)30-18-43,44-19-31-52(62)32-20-44)42-59(46-15-10-7-11-16-46,48-23-35-54(64)36-24-48)60(49-25-37-55(65)38-26-49,50-27-39-56(66)40-28-50)58(4-2,45-13-8-6-9-14-45)47-21-33-53(63)34-22-47/h6-11,13-40,61-66H,3-5,12,41-42H2,1-2H3. The second kappa shape index (κ2) is 19.0. The third-order valence-corrected chi connectivity index (χ3v) is 14.3. The average Bonchev–Trinajstić information content (AvgIpc) is 3.35. The topological polar surface area (TPSA) is 121 Å². The van der Waals surface area contributed by atoms with Crippen LogP contribution in [0, 0.1) is 0 Å². The molecule has 334 valence electrons. The van der Waals surface area contributed by atoms with Crippen LogP contribution in [0.2, 0.25) is 0 Å². The zero-order valence-electron chi connectivity index (χ0n) is 37.6. The minimum atomic E-state index is -1.28. The fourth-order valence-corrected chi connectivity index (χ4v) is 11.5. The van der Waals surface area contributed by atoms with E-state index in [9.17, 15) is 30.6 Å². The van der Waals surface area contributed by atoms with Crippen molar-refractivity contribution < 1.29 is 30.6 Å². The first-order chi connectivity index (χ1) is 32.0. The van der Waals surface area contributed by atoms with Gasteiger partial charge in [0.15, 0.2) is 0 Å². The second-order valence-electron chi connectivity index (χ2n) is 17.6. The molecule has 0 saturated carbocycles. The van der Waals surface area contributed by atoms with Crippen LogP contribution in [-0.2, 0) is 21.7 Å². The highest BCUT2D eigenvalue weighted by Crippen LogP contribution is 2.69. The molecule has 0 aromatic heterocycles. The maximum Gasteiger partial charge on any atom is 0.115 e. The Kier molecular flexibility index (Phi) is 13.0. The zero-order valence-corrected chi connectivity index (χ0v) is 37.6. The van der Waals surface area contributed by atoms with Crippen molar-refractivity contribution >= 4 is 0 Å². The molecule has 0 fully saturated rings. The van der Waals surface area contributed by atoms with E-state index in [2.05, 4.69) is 62.4 Å². The summed E-state index contributed by atoms with van der Waals surface area (Å²) in [5, 5.41) is 66.6. The molecule has 8 rings (SSSR count). The predicted octanol–water partition coefficient (Wildman–Crippen LogP) is 13.5. The lowest BCUT2D eigenvalue weighted by Crippen LogP contribution is -2.64. The molecule has 2 atom stereocenters. The van der Waals surface area contributed by atoms with E-state index in [1.54, 1.807) is 72.8 Å². The van der Waals surface area contributed by atoms with Gasteiger partial charge in [-0.2, -0.15) is 0 Å². The van der Waals surface area contributed by atoms with Crippen molar-refractivity contribution in [2.75, 3.05) is 0 Å². The number of hydrogen-bond donors (Lipinski definition) is 6. The van der Waals surface area contributed by atoms with Crippen molar-refractivity contribution in [3.63, 3.8) is 0 Å². The Morgan fingerprint density at radius 2 is 0.591 bits per heavy atom. The van der Waals surface area contributed by atoms with Crippen LogP contribution in [0.3, 0.4) is 0 Å². The van der Waals surface area contributed by atoms with Gasteiger partial charge in [-0.3, -0.25) is 0 Å². The van der Waals surface area contributed by atoms with Gasteiger partial charge < -0.3 is 30.6 Å². The van der Waals surface area contributed by atoms with Gasteiger partial charge in [0.25, 0.3) is 0 Å². The van der Waals surface area contributed by atoms with Gasteiger partial charge >= 0.3 is 0 Å². The van der Waals surface area contributed by atoms with Crippen LogP contribution in [0.15, 0.2) is 206 Å². The summed E-state index contributed by atoms with van der Waals surface area (Å²) in [7, 11) is 0. The molecule has 6 N–H and O–H groups in total. The van der Waals surface area contributed by atoms with Gasteiger partial charge in [-0.05, 0) is 137 Å². The number of aromatic hydroxyl groups is 6. The SMILES string of the molecule is CCCCCC(CC(c1ccccc1)(c1ccc(O)cc1)C(c1ccc(O)cc1)(c1ccc(O)cc1)C(CC)(c1ccccc1)c1ccc(O)cc1)(c1ccc(O)cc1)c1ccc(O)cc1. The Morgan fingerprint density at radius 1 is 0.303 bits per heavy atom. The number of rotatable bonds is 17. The van der Waals surface area contributed by atoms with Crippen molar-refractivity contribution in [3.8, 4) is 34.5 Å². The third kappa shape index (κ3) is 7.81. The third-order valence-electron chi connectivity index (χ3n) is 14.3. The summed E-state index contributed by atoms with van der Waals surface area (Å²) in [6, 6.07) is 66.3. The normalized spacial score (nSPS) is 13.7. The van der Waals surface area contributed by atoms with Crippen LogP contribution in [0.25, 0.3) is 0 Å². The van der Waals surface area contributed by atoms with E-state index in [0.717, 1.165) is 63.8 Å². The Balaban J connectivity index is 1.73. The lowest BCUT2D eigenvalue weighted by Gasteiger charge is -2.64. The lowest BCUT2D eigenvalue weighted by atomic mass is 9.37. The minimum absolute atomic E-state index is 0.0989. The molecule has 2 unspecified atom stereocenters. The van der Waals surface area contributed by atoms with Gasteiger partial charge in [-0.15, -0.1) is 0 Å². The fraction of sp³-hybridized carbons (Fsp3) is 0.200. The maximum atomic E-state index is 11.2. The highest BCUT2D eigenvalue weighted by atomic mass is 16.3. The molecule has 0 spiro atoms. The second-order valence-corrected chi connectivity index (χ2v) is 17.6. The van der Waals surface area contributed by atoms with Gasteiger partial charge in [0, 0.05) is 21.7 Å². The van der Waals surface area contributed by atoms with E-state index < -0.39 is 21.7 Å². The van der Waals surface area contributed by atoms with E-state index in [4.69, 9.17) is 0 Å². The fourth-order valence-electron chi connectivity index (χ4n) is 11.5. The monoisotopic (exact) mass is 874 g/mol. The van der Waals surface area contributed by atoms with E-state index in [0.29, 0.717) is 19.3 Å². The smallest absolute Gasteiger partial charge is 0.115 e. The highest BCUT2D eigenvalue weighted by Gasteiger charge is 2.68. The van der Waals surface area contributed by atoms with Crippen LogP contribution >= 0.6 is 0 Å². The number of hydrogen-bond acceptors (Lipinski definition) is 6. The molecule has 0 aliphatic rings. The van der Waals surface area contributed by atoms with E-state index in [-0.39, 0.29) is 34.5 Å². The predicted molar refractivity (Wildman–Crippen MR) is 264 cm³/mol. The first-order valence-corrected chi connectivity index (χ1v) is 22.9. The minimum Gasteiger partial charge on any atom is -0.508 e. The van der Waals surface area contributed by atoms with Crippen molar-refractivity contribution in [1.29, 1.82) is 0 Å². The molecule has 6 nitrogen and oxygen atoms in total. The summed E-state index contributed by atoms with van der Waals surface area (Å²) in [5.41, 5.74) is 3.02. The zero-order chi connectivity index (χ0) is 46.4. The quantitative estimate of drug-likeness (QED) is 0.0507. The molecule has 0 amide bonds. The van der Waals surface area contributed by atoms with E-state index in [1.165, 1.54) is 0 Å². The Labute approximate surface area is 388 Å². The highest BCUT2D eigenvalue weighted by molar-refractivity contribution is 5.66. The molecule has 0 aliphatic heterocycles. The number of phenols is 6. The van der Waals surface area contributed by atoms with Gasteiger partial charge in [0.05, 0.1) is 0 Å². The van der Waals surface area contributed by atoms with Gasteiger partial charge in [0.2, 0.25) is 0 Å². The maximum absolute atomic E-state index is 11.2. The number of benzene rings is 8. The van der Waals surface area contributed by atoms with Crippen LogP contribution in [-0.4, -0.2) is 30.6 Å². The molecule has 6 heteroatoms. The molecule has 0 saturated heterocycles. The molecular formula is C60H58O6. The van der Waals surface area contributed by atoms with Crippen molar-refractivity contribution in [3.05, 3.63) is 251 Å². The molecule has 0 radical (unpaired) electrons. The molecule has 8 aromatic carbocycles.